The first-order valence-electron chi connectivity index (χ1n) is 8.93. The van der Waals surface area contributed by atoms with E-state index in [9.17, 15) is 10.2 Å². The molecule has 0 aliphatic heterocycles. The van der Waals surface area contributed by atoms with Gasteiger partial charge in [-0.25, -0.2) is 0 Å². The maximum atomic E-state index is 9.25. The van der Waals surface area contributed by atoms with Gasteiger partial charge in [0.1, 0.15) is 24.7 Å². The third-order valence-electron chi connectivity index (χ3n) is 5.73. The Kier molecular flexibility index (Phi) is 4.52. The first-order valence-corrected chi connectivity index (χ1v) is 9.31. The number of benzene rings is 2. The molecule has 0 amide bonds. The standard InChI is InChI=1S/C20H23ClO4/c1-11-13-4-5-14(11)18-17(13)19(24-8-6-22)15-3-2-12(21)10-16(15)20(18)25-9-7-23/h2-3,10-11,13-14,22-23H,4-9H2,1H3. The summed E-state index contributed by atoms with van der Waals surface area (Å²) in [7, 11) is 0. The molecule has 2 aromatic rings. The third kappa shape index (κ3) is 2.59. The molecule has 2 aliphatic rings. The van der Waals surface area contributed by atoms with E-state index in [-0.39, 0.29) is 26.4 Å². The number of ether oxygens (including phenoxy) is 2. The number of rotatable bonds is 6. The fraction of sp³-hybridized carbons (Fsp3) is 0.500. The van der Waals surface area contributed by atoms with E-state index in [0.29, 0.717) is 22.8 Å². The van der Waals surface area contributed by atoms with Crippen molar-refractivity contribution in [3.63, 3.8) is 0 Å². The summed E-state index contributed by atoms with van der Waals surface area (Å²) in [6.45, 7) is 2.79. The average molecular weight is 363 g/mol. The second kappa shape index (κ2) is 6.67. The minimum Gasteiger partial charge on any atom is -0.490 e. The molecule has 2 N–H and O–H groups in total. The smallest absolute Gasteiger partial charge is 0.131 e. The zero-order chi connectivity index (χ0) is 17.6. The van der Waals surface area contributed by atoms with Crippen LogP contribution >= 0.6 is 11.6 Å². The van der Waals surface area contributed by atoms with E-state index < -0.39 is 0 Å². The van der Waals surface area contributed by atoms with Gasteiger partial charge in [-0.05, 0) is 48.8 Å². The van der Waals surface area contributed by atoms with Gasteiger partial charge in [-0.3, -0.25) is 0 Å². The van der Waals surface area contributed by atoms with Crippen molar-refractivity contribution in [3.05, 3.63) is 34.3 Å². The largest absolute Gasteiger partial charge is 0.490 e. The number of aliphatic hydroxyl groups excluding tert-OH is 2. The summed E-state index contributed by atoms with van der Waals surface area (Å²) in [5.41, 5.74) is 2.46. The van der Waals surface area contributed by atoms with E-state index in [1.165, 1.54) is 11.1 Å². The lowest BCUT2D eigenvalue weighted by molar-refractivity contribution is 0.198. The second-order valence-electron chi connectivity index (χ2n) is 6.97. The van der Waals surface area contributed by atoms with Crippen LogP contribution in [0.25, 0.3) is 10.8 Å². The second-order valence-corrected chi connectivity index (χ2v) is 7.41. The first-order chi connectivity index (χ1) is 12.2. The van der Waals surface area contributed by atoms with Crippen LogP contribution in [0.4, 0.5) is 0 Å². The van der Waals surface area contributed by atoms with Crippen molar-refractivity contribution in [1.29, 1.82) is 0 Å². The normalized spacial score (nSPS) is 23.9. The maximum absolute atomic E-state index is 9.25. The average Bonchev–Trinajstić information content (AvgIpc) is 3.11. The fourth-order valence-corrected chi connectivity index (χ4v) is 4.93. The Hall–Kier alpha value is -1.49. The summed E-state index contributed by atoms with van der Waals surface area (Å²) in [5, 5.41) is 21.0. The Balaban J connectivity index is 2.01. The lowest BCUT2D eigenvalue weighted by atomic mass is 9.87. The third-order valence-corrected chi connectivity index (χ3v) is 5.96. The van der Waals surface area contributed by atoms with Crippen LogP contribution in [-0.2, 0) is 0 Å². The van der Waals surface area contributed by atoms with Gasteiger partial charge >= 0.3 is 0 Å². The Bertz CT molecular complexity index is 804. The molecule has 134 valence electrons. The van der Waals surface area contributed by atoms with Gasteiger partial charge in [-0.1, -0.05) is 18.5 Å². The summed E-state index contributed by atoms with van der Waals surface area (Å²) < 4.78 is 12.0. The Morgan fingerprint density at radius 1 is 0.960 bits per heavy atom. The van der Waals surface area contributed by atoms with Crippen LogP contribution in [0.5, 0.6) is 11.5 Å². The topological polar surface area (TPSA) is 58.9 Å². The van der Waals surface area contributed by atoms with Gasteiger partial charge in [0, 0.05) is 26.9 Å². The van der Waals surface area contributed by atoms with Crippen molar-refractivity contribution in [1.82, 2.24) is 0 Å². The number of halogens is 1. The zero-order valence-corrected chi connectivity index (χ0v) is 15.1. The molecule has 3 unspecified atom stereocenters. The monoisotopic (exact) mass is 362 g/mol. The van der Waals surface area contributed by atoms with Gasteiger partial charge in [-0.15, -0.1) is 0 Å². The molecule has 0 saturated heterocycles. The Morgan fingerprint density at radius 2 is 1.52 bits per heavy atom. The number of hydrogen-bond donors (Lipinski definition) is 2. The molecule has 25 heavy (non-hydrogen) atoms. The van der Waals surface area contributed by atoms with E-state index in [2.05, 4.69) is 6.92 Å². The summed E-state index contributed by atoms with van der Waals surface area (Å²) in [6.07, 6.45) is 2.31. The van der Waals surface area contributed by atoms with Crippen LogP contribution in [-0.4, -0.2) is 36.6 Å². The first kappa shape index (κ1) is 17.0. The van der Waals surface area contributed by atoms with Crippen molar-refractivity contribution in [2.24, 2.45) is 5.92 Å². The van der Waals surface area contributed by atoms with Gasteiger partial charge in [0.15, 0.2) is 0 Å². The van der Waals surface area contributed by atoms with Gasteiger partial charge in [0.25, 0.3) is 0 Å². The van der Waals surface area contributed by atoms with Gasteiger partial charge in [0.05, 0.1) is 13.2 Å². The highest BCUT2D eigenvalue weighted by Gasteiger charge is 2.47. The van der Waals surface area contributed by atoms with Gasteiger partial charge < -0.3 is 19.7 Å². The highest BCUT2D eigenvalue weighted by Crippen LogP contribution is 2.63. The van der Waals surface area contributed by atoms with Crippen molar-refractivity contribution >= 4 is 22.4 Å². The van der Waals surface area contributed by atoms with Crippen molar-refractivity contribution in [2.45, 2.75) is 31.6 Å². The Labute approximate surface area is 152 Å². The number of aliphatic hydroxyl groups is 2. The van der Waals surface area contributed by atoms with E-state index in [4.69, 9.17) is 21.1 Å². The minimum atomic E-state index is -0.0246. The molecule has 3 atom stereocenters. The van der Waals surface area contributed by atoms with Crippen LogP contribution < -0.4 is 9.47 Å². The van der Waals surface area contributed by atoms with Crippen molar-refractivity contribution < 1.29 is 19.7 Å². The zero-order valence-electron chi connectivity index (χ0n) is 14.3. The highest BCUT2D eigenvalue weighted by atomic mass is 35.5. The number of fused-ring (bicyclic) bond motifs is 6. The maximum Gasteiger partial charge on any atom is 0.131 e. The highest BCUT2D eigenvalue weighted by molar-refractivity contribution is 6.31. The molecule has 2 aliphatic carbocycles. The molecule has 1 fully saturated rings. The number of hydrogen-bond acceptors (Lipinski definition) is 4. The summed E-state index contributed by atoms with van der Waals surface area (Å²) in [4.78, 5) is 0. The predicted octanol–water partition coefficient (Wildman–Crippen LogP) is 3.85. The molecular formula is C20H23ClO4. The summed E-state index contributed by atoms with van der Waals surface area (Å²) >= 11 is 6.25. The quantitative estimate of drug-likeness (QED) is 0.819. The van der Waals surface area contributed by atoms with Crippen LogP contribution in [0.15, 0.2) is 18.2 Å². The lowest BCUT2D eigenvalue weighted by Crippen LogP contribution is -2.11. The summed E-state index contributed by atoms with van der Waals surface area (Å²) in [6, 6.07) is 5.73. The van der Waals surface area contributed by atoms with E-state index in [1.807, 2.05) is 18.2 Å². The molecule has 4 rings (SSSR count). The van der Waals surface area contributed by atoms with Crippen molar-refractivity contribution in [2.75, 3.05) is 26.4 Å². The van der Waals surface area contributed by atoms with E-state index in [1.54, 1.807) is 0 Å². The van der Waals surface area contributed by atoms with Crippen LogP contribution in [0.2, 0.25) is 5.02 Å². The molecule has 0 spiro atoms. The molecule has 0 heterocycles. The van der Waals surface area contributed by atoms with Crippen molar-refractivity contribution in [3.8, 4) is 11.5 Å². The van der Waals surface area contributed by atoms with Crippen LogP contribution in [0.3, 0.4) is 0 Å². The van der Waals surface area contributed by atoms with E-state index >= 15 is 0 Å². The molecular weight excluding hydrogens is 340 g/mol. The SMILES string of the molecule is CC1C2CCC1c1c2c(OCCO)c2ccc(Cl)cc2c1OCCO. The minimum absolute atomic E-state index is 0.0176. The summed E-state index contributed by atoms with van der Waals surface area (Å²) in [5.74, 6) is 3.18. The molecule has 4 nitrogen and oxygen atoms in total. The van der Waals surface area contributed by atoms with Gasteiger partial charge in [-0.2, -0.15) is 0 Å². The molecule has 1 saturated carbocycles. The molecule has 2 aromatic carbocycles. The fourth-order valence-electron chi connectivity index (χ4n) is 4.76. The molecule has 0 aromatic heterocycles. The molecule has 0 radical (unpaired) electrons. The van der Waals surface area contributed by atoms with Crippen LogP contribution in [0, 0.1) is 5.92 Å². The predicted molar refractivity (Wildman–Crippen MR) is 98.0 cm³/mol. The molecule has 2 bridgehead atoms. The molecule has 5 heteroatoms. The Morgan fingerprint density at radius 3 is 2.08 bits per heavy atom. The lowest BCUT2D eigenvalue weighted by Gasteiger charge is -2.25. The van der Waals surface area contributed by atoms with Gasteiger partial charge in [0.2, 0.25) is 0 Å². The van der Waals surface area contributed by atoms with E-state index in [0.717, 1.165) is 35.1 Å². The van der Waals surface area contributed by atoms with Crippen LogP contribution in [0.1, 0.15) is 42.7 Å².